The van der Waals surface area contributed by atoms with Gasteiger partial charge in [-0.15, -0.1) is 0 Å². The first-order valence-electron chi connectivity index (χ1n) is 8.53. The highest BCUT2D eigenvalue weighted by Gasteiger charge is 2.14. The number of ether oxygens (including phenoxy) is 2. The van der Waals surface area contributed by atoms with Gasteiger partial charge in [0, 0.05) is 18.0 Å². The normalized spacial score (nSPS) is 10.4. The van der Waals surface area contributed by atoms with Gasteiger partial charge in [0.2, 0.25) is 0 Å². The number of benzene rings is 2. The Morgan fingerprint density at radius 2 is 1.81 bits per heavy atom. The average Bonchev–Trinajstić information content (AvgIpc) is 3.18. The Bertz CT molecular complexity index is 876. The highest BCUT2D eigenvalue weighted by Crippen LogP contribution is 2.29. The summed E-state index contributed by atoms with van der Waals surface area (Å²) in [6, 6.07) is 14.5. The van der Waals surface area contributed by atoms with E-state index in [1.807, 2.05) is 50.4 Å². The molecule has 0 saturated carbocycles. The van der Waals surface area contributed by atoms with Crippen molar-refractivity contribution in [2.75, 3.05) is 18.5 Å². The Hall–Kier alpha value is -3.28. The number of carbonyl (C=O) groups is 1. The molecule has 0 saturated heterocycles. The molecular formula is C20H21N3O3. The van der Waals surface area contributed by atoms with Crippen molar-refractivity contribution >= 4 is 11.6 Å². The molecule has 0 bridgehead atoms. The Labute approximate surface area is 152 Å². The lowest BCUT2D eigenvalue weighted by Crippen LogP contribution is -2.14. The molecule has 0 atom stereocenters. The molecule has 3 rings (SSSR count). The largest absolute Gasteiger partial charge is 0.490 e. The van der Waals surface area contributed by atoms with Crippen LogP contribution in [0.4, 0.5) is 5.69 Å². The number of hydrogen-bond donors (Lipinski definition) is 1. The number of nitrogens with one attached hydrogen (secondary N) is 1. The van der Waals surface area contributed by atoms with E-state index in [4.69, 9.17) is 9.47 Å². The molecule has 1 aromatic heterocycles. The molecule has 0 aliphatic carbocycles. The first kappa shape index (κ1) is 17.5. The van der Waals surface area contributed by atoms with Crippen molar-refractivity contribution in [3.8, 4) is 17.2 Å². The van der Waals surface area contributed by atoms with Crippen LogP contribution in [0, 0.1) is 0 Å². The van der Waals surface area contributed by atoms with Crippen LogP contribution in [-0.2, 0) is 0 Å². The maximum atomic E-state index is 12.7. The molecule has 0 fully saturated rings. The highest BCUT2D eigenvalue weighted by molar-refractivity contribution is 6.05. The fourth-order valence-corrected chi connectivity index (χ4v) is 2.58. The fraction of sp³-hybridized carbons (Fsp3) is 0.200. The maximum Gasteiger partial charge on any atom is 0.255 e. The zero-order chi connectivity index (χ0) is 18.4. The summed E-state index contributed by atoms with van der Waals surface area (Å²) in [5, 5.41) is 7.17. The molecule has 134 valence electrons. The predicted molar refractivity (Wildman–Crippen MR) is 100 cm³/mol. The lowest BCUT2D eigenvalue weighted by molar-refractivity contribution is 0.102. The third-order valence-electron chi connectivity index (χ3n) is 3.71. The van der Waals surface area contributed by atoms with Gasteiger partial charge in [-0.3, -0.25) is 4.79 Å². The van der Waals surface area contributed by atoms with Gasteiger partial charge in [0.1, 0.15) is 0 Å². The minimum absolute atomic E-state index is 0.228. The monoisotopic (exact) mass is 351 g/mol. The number of rotatable bonds is 7. The van der Waals surface area contributed by atoms with E-state index < -0.39 is 0 Å². The van der Waals surface area contributed by atoms with E-state index in [0.717, 1.165) is 5.69 Å². The molecule has 2 aromatic carbocycles. The van der Waals surface area contributed by atoms with Crippen molar-refractivity contribution in [2.45, 2.75) is 13.8 Å². The van der Waals surface area contributed by atoms with Crippen LogP contribution in [-0.4, -0.2) is 28.9 Å². The minimum Gasteiger partial charge on any atom is -0.490 e. The summed E-state index contributed by atoms with van der Waals surface area (Å²) in [6.07, 6.45) is 3.52. The Morgan fingerprint density at radius 1 is 1.04 bits per heavy atom. The third-order valence-corrected chi connectivity index (χ3v) is 3.71. The first-order valence-corrected chi connectivity index (χ1v) is 8.53. The highest BCUT2D eigenvalue weighted by atomic mass is 16.5. The number of amides is 1. The molecule has 1 heterocycles. The van der Waals surface area contributed by atoms with Gasteiger partial charge in [0.15, 0.2) is 11.5 Å². The molecule has 6 heteroatoms. The Balaban J connectivity index is 1.86. The lowest BCUT2D eigenvalue weighted by Gasteiger charge is -2.14. The second-order valence-electron chi connectivity index (χ2n) is 5.45. The van der Waals surface area contributed by atoms with Gasteiger partial charge < -0.3 is 14.8 Å². The van der Waals surface area contributed by atoms with Gasteiger partial charge in [-0.05, 0) is 50.2 Å². The van der Waals surface area contributed by atoms with Crippen molar-refractivity contribution in [2.24, 2.45) is 0 Å². The summed E-state index contributed by atoms with van der Waals surface area (Å²) < 4.78 is 12.8. The Kier molecular flexibility index (Phi) is 5.53. The van der Waals surface area contributed by atoms with E-state index in [1.165, 1.54) is 0 Å². The molecule has 6 nitrogen and oxygen atoms in total. The van der Waals surface area contributed by atoms with Gasteiger partial charge in [0.05, 0.1) is 24.6 Å². The smallest absolute Gasteiger partial charge is 0.255 e. The summed E-state index contributed by atoms with van der Waals surface area (Å²) >= 11 is 0. The number of carbonyl (C=O) groups excluding carboxylic acids is 1. The number of hydrogen-bond acceptors (Lipinski definition) is 4. The van der Waals surface area contributed by atoms with Crippen molar-refractivity contribution in [1.29, 1.82) is 0 Å². The van der Waals surface area contributed by atoms with E-state index in [-0.39, 0.29) is 5.91 Å². The van der Waals surface area contributed by atoms with Gasteiger partial charge >= 0.3 is 0 Å². The number of nitrogens with zero attached hydrogens (tertiary/aromatic N) is 2. The summed E-state index contributed by atoms with van der Waals surface area (Å²) in [4.78, 5) is 12.7. The van der Waals surface area contributed by atoms with Crippen molar-refractivity contribution in [1.82, 2.24) is 9.78 Å². The molecule has 0 spiro atoms. The van der Waals surface area contributed by atoms with Crippen LogP contribution in [0.2, 0.25) is 0 Å². The summed E-state index contributed by atoms with van der Waals surface area (Å²) in [5.74, 6) is 0.957. The van der Waals surface area contributed by atoms with Crippen LogP contribution in [0.5, 0.6) is 11.5 Å². The van der Waals surface area contributed by atoms with E-state index in [0.29, 0.717) is 36.0 Å². The van der Waals surface area contributed by atoms with Gasteiger partial charge in [-0.1, -0.05) is 12.1 Å². The number of anilines is 1. The minimum atomic E-state index is -0.228. The summed E-state index contributed by atoms with van der Waals surface area (Å²) in [7, 11) is 0. The second kappa shape index (κ2) is 8.20. The van der Waals surface area contributed by atoms with Crippen LogP contribution in [0.1, 0.15) is 24.2 Å². The second-order valence-corrected chi connectivity index (χ2v) is 5.45. The molecule has 1 amide bonds. The third kappa shape index (κ3) is 3.85. The summed E-state index contributed by atoms with van der Waals surface area (Å²) in [6.45, 7) is 4.82. The SMILES string of the molecule is CCOc1ccc(C(=O)Nc2ccccc2-n2cccn2)cc1OCC. The van der Waals surface area contributed by atoms with Gasteiger partial charge in [-0.25, -0.2) is 4.68 Å². The molecule has 0 radical (unpaired) electrons. The van der Waals surface area contributed by atoms with Crippen molar-refractivity contribution in [3.63, 3.8) is 0 Å². The standard InChI is InChI=1S/C20H21N3O3/c1-3-25-18-11-10-15(14-19(18)26-4-2)20(24)22-16-8-5-6-9-17(16)23-13-7-12-21-23/h5-14H,3-4H2,1-2H3,(H,22,24). The topological polar surface area (TPSA) is 65.4 Å². The Morgan fingerprint density at radius 3 is 2.54 bits per heavy atom. The van der Waals surface area contributed by atoms with Crippen LogP contribution < -0.4 is 14.8 Å². The van der Waals surface area contributed by atoms with E-state index in [9.17, 15) is 4.79 Å². The molecule has 3 aromatic rings. The van der Waals surface area contributed by atoms with Crippen molar-refractivity contribution < 1.29 is 14.3 Å². The number of para-hydroxylation sites is 2. The van der Waals surface area contributed by atoms with E-state index in [2.05, 4.69) is 10.4 Å². The van der Waals surface area contributed by atoms with Crippen molar-refractivity contribution in [3.05, 3.63) is 66.5 Å². The zero-order valence-corrected chi connectivity index (χ0v) is 14.8. The molecule has 26 heavy (non-hydrogen) atoms. The summed E-state index contributed by atoms with van der Waals surface area (Å²) in [5.41, 5.74) is 1.96. The van der Waals surface area contributed by atoms with Crippen LogP contribution in [0.3, 0.4) is 0 Å². The van der Waals surface area contributed by atoms with Crippen LogP contribution >= 0.6 is 0 Å². The lowest BCUT2D eigenvalue weighted by atomic mass is 10.1. The van der Waals surface area contributed by atoms with Crippen LogP contribution in [0.25, 0.3) is 5.69 Å². The maximum absolute atomic E-state index is 12.7. The molecule has 0 aliphatic heterocycles. The molecule has 0 aliphatic rings. The van der Waals surface area contributed by atoms with E-state index >= 15 is 0 Å². The quantitative estimate of drug-likeness (QED) is 0.701. The molecule has 1 N–H and O–H groups in total. The van der Waals surface area contributed by atoms with Gasteiger partial charge in [0.25, 0.3) is 5.91 Å². The first-order chi connectivity index (χ1) is 12.7. The van der Waals surface area contributed by atoms with E-state index in [1.54, 1.807) is 29.1 Å². The predicted octanol–water partition coefficient (Wildman–Crippen LogP) is 3.92. The number of aromatic nitrogens is 2. The molecule has 0 unspecified atom stereocenters. The molecular weight excluding hydrogens is 330 g/mol. The average molecular weight is 351 g/mol. The van der Waals surface area contributed by atoms with Crippen LogP contribution in [0.15, 0.2) is 60.9 Å². The van der Waals surface area contributed by atoms with Gasteiger partial charge in [-0.2, -0.15) is 5.10 Å². The fourth-order valence-electron chi connectivity index (χ4n) is 2.58. The zero-order valence-electron chi connectivity index (χ0n) is 14.8.